The van der Waals surface area contributed by atoms with Crippen LogP contribution in [0, 0.1) is 12.7 Å². The van der Waals surface area contributed by atoms with Gasteiger partial charge in [-0.1, -0.05) is 25.1 Å². The smallest absolute Gasteiger partial charge is 0.258 e. The van der Waals surface area contributed by atoms with Crippen molar-refractivity contribution in [3.05, 3.63) is 59.4 Å². The molecule has 1 N–H and O–H groups in total. The average molecular weight is 287 g/mol. The van der Waals surface area contributed by atoms with E-state index in [0.29, 0.717) is 18.0 Å². The van der Waals surface area contributed by atoms with Crippen LogP contribution in [-0.2, 0) is 0 Å². The lowest BCUT2D eigenvalue weighted by Crippen LogP contribution is -2.14. The zero-order valence-electron chi connectivity index (χ0n) is 12.2. The number of halogens is 1. The predicted molar refractivity (Wildman–Crippen MR) is 81.3 cm³/mol. The highest BCUT2D eigenvalue weighted by atomic mass is 19.1. The van der Waals surface area contributed by atoms with Crippen LogP contribution in [0.2, 0.25) is 0 Å². The molecule has 3 nitrogen and oxygen atoms in total. The van der Waals surface area contributed by atoms with Gasteiger partial charge in [-0.15, -0.1) is 0 Å². The molecule has 0 aromatic heterocycles. The lowest BCUT2D eigenvalue weighted by molar-refractivity contribution is 0.102. The quantitative estimate of drug-likeness (QED) is 0.896. The van der Waals surface area contributed by atoms with Gasteiger partial charge in [-0.05, 0) is 43.2 Å². The van der Waals surface area contributed by atoms with Crippen LogP contribution < -0.4 is 10.1 Å². The van der Waals surface area contributed by atoms with Gasteiger partial charge < -0.3 is 10.1 Å². The Morgan fingerprint density at radius 1 is 1.24 bits per heavy atom. The van der Waals surface area contributed by atoms with Crippen molar-refractivity contribution in [3.8, 4) is 5.75 Å². The third-order valence-electron chi connectivity index (χ3n) is 2.97. The Hall–Kier alpha value is -2.36. The van der Waals surface area contributed by atoms with E-state index in [2.05, 4.69) is 5.32 Å². The van der Waals surface area contributed by atoms with Crippen molar-refractivity contribution in [2.45, 2.75) is 20.3 Å². The van der Waals surface area contributed by atoms with Gasteiger partial charge in [0, 0.05) is 0 Å². The van der Waals surface area contributed by atoms with E-state index in [9.17, 15) is 9.18 Å². The van der Waals surface area contributed by atoms with E-state index in [1.165, 1.54) is 12.1 Å². The van der Waals surface area contributed by atoms with Gasteiger partial charge in [0.15, 0.2) is 0 Å². The van der Waals surface area contributed by atoms with Crippen molar-refractivity contribution >= 4 is 11.6 Å². The van der Waals surface area contributed by atoms with Crippen molar-refractivity contribution < 1.29 is 13.9 Å². The van der Waals surface area contributed by atoms with E-state index in [4.69, 9.17) is 4.74 Å². The van der Waals surface area contributed by atoms with Crippen molar-refractivity contribution in [1.29, 1.82) is 0 Å². The maximum Gasteiger partial charge on any atom is 0.258 e. The van der Waals surface area contributed by atoms with Crippen LogP contribution in [0.5, 0.6) is 5.75 Å². The molecule has 110 valence electrons. The van der Waals surface area contributed by atoms with Gasteiger partial charge in [0.05, 0.1) is 17.9 Å². The molecule has 0 bridgehead atoms. The number of nitrogens with one attached hydrogen (secondary N) is 1. The summed E-state index contributed by atoms with van der Waals surface area (Å²) < 4.78 is 19.2. The molecule has 0 spiro atoms. The summed E-state index contributed by atoms with van der Waals surface area (Å²) in [6.45, 7) is 4.51. The molecule has 2 rings (SSSR count). The highest BCUT2D eigenvalue weighted by Gasteiger charge is 2.13. The van der Waals surface area contributed by atoms with Crippen molar-refractivity contribution in [1.82, 2.24) is 0 Å². The molecule has 1 amide bonds. The fourth-order valence-corrected chi connectivity index (χ4v) is 1.90. The second-order valence-corrected chi connectivity index (χ2v) is 4.78. The van der Waals surface area contributed by atoms with E-state index in [-0.39, 0.29) is 5.56 Å². The number of rotatable bonds is 5. The molecule has 0 fully saturated rings. The number of aryl methyl sites for hydroxylation is 1. The molecule has 0 atom stereocenters. The topological polar surface area (TPSA) is 38.3 Å². The molecule has 0 heterocycles. The summed E-state index contributed by atoms with van der Waals surface area (Å²) in [5.41, 5.74) is 1.59. The minimum absolute atomic E-state index is 0.0134. The second kappa shape index (κ2) is 6.88. The number of hydrogen-bond acceptors (Lipinski definition) is 2. The minimum Gasteiger partial charge on any atom is -0.491 e. The number of carbonyl (C=O) groups is 1. The van der Waals surface area contributed by atoms with E-state index >= 15 is 0 Å². The Labute approximate surface area is 123 Å². The number of amides is 1. The number of ether oxygens (including phenoxy) is 1. The van der Waals surface area contributed by atoms with Crippen molar-refractivity contribution in [2.24, 2.45) is 0 Å². The summed E-state index contributed by atoms with van der Waals surface area (Å²) in [6, 6.07) is 11.4. The molecule has 0 unspecified atom stereocenters. The van der Waals surface area contributed by atoms with E-state index in [1.54, 1.807) is 18.2 Å². The monoisotopic (exact) mass is 287 g/mol. The van der Waals surface area contributed by atoms with Gasteiger partial charge in [-0.25, -0.2) is 4.39 Å². The Bertz CT molecular complexity index is 640. The SMILES string of the molecule is CCCOc1cc(C)ccc1NC(=O)c1ccccc1F. The van der Waals surface area contributed by atoms with Crippen LogP contribution in [0.4, 0.5) is 10.1 Å². The lowest BCUT2D eigenvalue weighted by atomic mass is 10.1. The van der Waals surface area contributed by atoms with Crippen molar-refractivity contribution in [2.75, 3.05) is 11.9 Å². The maximum absolute atomic E-state index is 13.6. The number of benzene rings is 2. The zero-order valence-corrected chi connectivity index (χ0v) is 12.2. The van der Waals surface area contributed by atoms with Crippen LogP contribution in [-0.4, -0.2) is 12.5 Å². The van der Waals surface area contributed by atoms with Crippen molar-refractivity contribution in [3.63, 3.8) is 0 Å². The maximum atomic E-state index is 13.6. The summed E-state index contributed by atoms with van der Waals surface area (Å²) in [7, 11) is 0. The first-order valence-corrected chi connectivity index (χ1v) is 6.91. The largest absolute Gasteiger partial charge is 0.491 e. The van der Waals surface area contributed by atoms with Gasteiger partial charge in [-0.2, -0.15) is 0 Å². The number of carbonyl (C=O) groups excluding carboxylic acids is 1. The van der Waals surface area contributed by atoms with Crippen LogP contribution in [0.25, 0.3) is 0 Å². The summed E-state index contributed by atoms with van der Waals surface area (Å²) >= 11 is 0. The van der Waals surface area contributed by atoms with Gasteiger partial charge in [0.25, 0.3) is 5.91 Å². The third kappa shape index (κ3) is 3.81. The van der Waals surface area contributed by atoms with E-state index in [1.807, 2.05) is 26.0 Å². The fourth-order valence-electron chi connectivity index (χ4n) is 1.90. The molecular formula is C17H18FNO2. The Morgan fingerprint density at radius 3 is 2.71 bits per heavy atom. The first-order valence-electron chi connectivity index (χ1n) is 6.91. The molecule has 21 heavy (non-hydrogen) atoms. The predicted octanol–water partition coefficient (Wildman–Crippen LogP) is 4.18. The van der Waals surface area contributed by atoms with Gasteiger partial charge in [-0.3, -0.25) is 4.79 Å². The first kappa shape index (κ1) is 15.0. The van der Waals surface area contributed by atoms with Crippen LogP contribution in [0.15, 0.2) is 42.5 Å². The normalized spacial score (nSPS) is 10.2. The zero-order chi connectivity index (χ0) is 15.2. The molecule has 2 aromatic carbocycles. The molecule has 2 aromatic rings. The standard InChI is InChI=1S/C17H18FNO2/c1-3-10-21-16-11-12(2)8-9-15(16)19-17(20)13-6-4-5-7-14(13)18/h4-9,11H,3,10H2,1-2H3,(H,19,20). The molecule has 0 aliphatic carbocycles. The average Bonchev–Trinajstić information content (AvgIpc) is 2.47. The van der Waals surface area contributed by atoms with E-state index in [0.717, 1.165) is 12.0 Å². The molecular weight excluding hydrogens is 269 g/mol. The molecule has 4 heteroatoms. The van der Waals surface area contributed by atoms with Crippen LogP contribution in [0.3, 0.4) is 0 Å². The van der Waals surface area contributed by atoms with E-state index < -0.39 is 11.7 Å². The summed E-state index contributed by atoms with van der Waals surface area (Å²) in [6.07, 6.45) is 0.870. The molecule has 0 aliphatic heterocycles. The third-order valence-corrected chi connectivity index (χ3v) is 2.97. The highest BCUT2D eigenvalue weighted by Crippen LogP contribution is 2.26. The molecule has 0 radical (unpaired) electrons. The Balaban J connectivity index is 2.23. The Kier molecular flexibility index (Phi) is 4.93. The fraction of sp³-hybridized carbons (Fsp3) is 0.235. The van der Waals surface area contributed by atoms with Crippen LogP contribution in [0.1, 0.15) is 29.3 Å². The minimum atomic E-state index is -0.543. The molecule has 0 aliphatic rings. The van der Waals surface area contributed by atoms with Gasteiger partial charge >= 0.3 is 0 Å². The first-order chi connectivity index (χ1) is 10.1. The summed E-state index contributed by atoms with van der Waals surface area (Å²) in [4.78, 5) is 12.1. The second-order valence-electron chi connectivity index (χ2n) is 4.78. The van der Waals surface area contributed by atoms with Gasteiger partial charge in [0.2, 0.25) is 0 Å². The highest BCUT2D eigenvalue weighted by molar-refractivity contribution is 6.05. The number of anilines is 1. The number of hydrogen-bond donors (Lipinski definition) is 1. The summed E-state index contributed by atoms with van der Waals surface area (Å²) in [5, 5.41) is 2.70. The lowest BCUT2D eigenvalue weighted by Gasteiger charge is -2.13. The molecule has 0 saturated heterocycles. The Morgan fingerprint density at radius 2 is 2.00 bits per heavy atom. The summed E-state index contributed by atoms with van der Waals surface area (Å²) in [5.74, 6) is -0.432. The molecule has 0 saturated carbocycles. The van der Waals surface area contributed by atoms with Crippen LogP contribution >= 0.6 is 0 Å². The van der Waals surface area contributed by atoms with Gasteiger partial charge in [0.1, 0.15) is 11.6 Å².